The molecule has 0 aliphatic heterocycles. The molecule has 2 rings (SSSR count). The second-order valence-corrected chi connectivity index (χ2v) is 5.36. The fourth-order valence-electron chi connectivity index (χ4n) is 2.48. The predicted octanol–water partition coefficient (Wildman–Crippen LogP) is 5.06. The van der Waals surface area contributed by atoms with E-state index in [1.54, 1.807) is 0 Å². The zero-order valence-corrected chi connectivity index (χ0v) is 11.5. The van der Waals surface area contributed by atoms with Gasteiger partial charge < -0.3 is 4.74 Å². The maximum absolute atomic E-state index is 6.18. The molecule has 94 valence electrons. The highest BCUT2D eigenvalue weighted by Gasteiger charge is 2.20. The fraction of sp³-hybridized carbons (Fsp3) is 0.600. The van der Waals surface area contributed by atoms with Gasteiger partial charge in [-0.25, -0.2) is 0 Å². The predicted molar refractivity (Wildman–Crippen MR) is 72.6 cm³/mol. The van der Waals surface area contributed by atoms with Gasteiger partial charge in [0.25, 0.3) is 0 Å². The van der Waals surface area contributed by atoms with E-state index in [1.807, 2.05) is 6.92 Å². The normalized spacial score (nSPS) is 18.5. The first kappa shape index (κ1) is 12.9. The molecule has 0 aromatic heterocycles. The second-order valence-electron chi connectivity index (χ2n) is 4.95. The maximum atomic E-state index is 6.18. The van der Waals surface area contributed by atoms with E-state index in [1.165, 1.54) is 31.2 Å². The Balaban J connectivity index is 2.08. The van der Waals surface area contributed by atoms with E-state index in [4.69, 9.17) is 16.3 Å². The summed E-state index contributed by atoms with van der Waals surface area (Å²) < 4.78 is 6.18. The molecule has 1 aliphatic rings. The summed E-state index contributed by atoms with van der Waals surface area (Å²) in [6.45, 7) is 4.21. The van der Waals surface area contributed by atoms with Gasteiger partial charge >= 0.3 is 0 Å². The van der Waals surface area contributed by atoms with Crippen molar-refractivity contribution in [2.75, 3.05) is 0 Å². The molecule has 0 spiro atoms. The van der Waals surface area contributed by atoms with Crippen molar-refractivity contribution in [2.24, 2.45) is 0 Å². The Hall–Kier alpha value is -0.530. The molecule has 0 heterocycles. The Morgan fingerprint density at radius 3 is 2.65 bits per heavy atom. The number of halogens is 1. The van der Waals surface area contributed by atoms with Gasteiger partial charge in [0.2, 0.25) is 0 Å². The average molecular weight is 253 g/mol. The van der Waals surface area contributed by atoms with Crippen LogP contribution in [0, 0.1) is 6.92 Å². The number of benzene rings is 1. The lowest BCUT2D eigenvalue weighted by atomic mass is 10.0. The molecule has 1 unspecified atom stereocenters. The van der Waals surface area contributed by atoms with Gasteiger partial charge in [-0.2, -0.15) is 0 Å². The molecular formula is C15H21ClO. The van der Waals surface area contributed by atoms with Crippen molar-refractivity contribution >= 4 is 11.6 Å². The first-order valence-electron chi connectivity index (χ1n) is 6.62. The molecule has 0 amide bonds. The van der Waals surface area contributed by atoms with Crippen LogP contribution in [0.25, 0.3) is 0 Å². The minimum Gasteiger partial charge on any atom is -0.370 e. The monoisotopic (exact) mass is 252 g/mol. The van der Waals surface area contributed by atoms with E-state index in [-0.39, 0.29) is 6.10 Å². The molecule has 1 nitrogen and oxygen atoms in total. The smallest absolute Gasteiger partial charge is 0.0826 e. The standard InChI is InChI=1S/C15H21ClO/c1-3-15(17-13-6-4-5-7-13)12-9-8-11(2)14(16)10-12/h8-10,13,15H,3-7H2,1-2H3. The Morgan fingerprint density at radius 1 is 1.35 bits per heavy atom. The molecule has 1 aliphatic carbocycles. The SMILES string of the molecule is CCC(OC1CCCC1)c1ccc(C)c(Cl)c1. The van der Waals surface area contributed by atoms with E-state index in [2.05, 4.69) is 25.1 Å². The topological polar surface area (TPSA) is 9.23 Å². The third kappa shape index (κ3) is 3.23. The summed E-state index contributed by atoms with van der Waals surface area (Å²) in [6, 6.07) is 6.28. The largest absolute Gasteiger partial charge is 0.370 e. The zero-order chi connectivity index (χ0) is 12.3. The van der Waals surface area contributed by atoms with Crippen LogP contribution in [0.4, 0.5) is 0 Å². The summed E-state index contributed by atoms with van der Waals surface area (Å²) >= 11 is 6.18. The highest BCUT2D eigenvalue weighted by molar-refractivity contribution is 6.31. The summed E-state index contributed by atoms with van der Waals surface area (Å²) in [5.74, 6) is 0. The van der Waals surface area contributed by atoms with Crippen molar-refractivity contribution in [3.05, 3.63) is 34.3 Å². The fourth-order valence-corrected chi connectivity index (χ4v) is 2.67. The molecule has 2 heteroatoms. The Labute approximate surface area is 109 Å². The van der Waals surface area contributed by atoms with Crippen LogP contribution in [0.5, 0.6) is 0 Å². The third-order valence-electron chi connectivity index (χ3n) is 3.60. The number of rotatable bonds is 4. The second kappa shape index (κ2) is 5.88. The summed E-state index contributed by atoms with van der Waals surface area (Å²) in [6.07, 6.45) is 6.74. The van der Waals surface area contributed by atoms with E-state index in [0.29, 0.717) is 6.10 Å². The highest BCUT2D eigenvalue weighted by Crippen LogP contribution is 2.31. The van der Waals surface area contributed by atoms with E-state index >= 15 is 0 Å². The number of hydrogen-bond donors (Lipinski definition) is 0. The van der Waals surface area contributed by atoms with Crippen molar-refractivity contribution in [3.63, 3.8) is 0 Å². The number of aryl methyl sites for hydroxylation is 1. The molecule has 17 heavy (non-hydrogen) atoms. The molecule has 1 aromatic rings. The summed E-state index contributed by atoms with van der Waals surface area (Å²) in [5, 5.41) is 0.843. The lowest BCUT2D eigenvalue weighted by molar-refractivity contribution is -0.0113. The minimum atomic E-state index is 0.205. The van der Waals surface area contributed by atoms with Gasteiger partial charge in [0.05, 0.1) is 12.2 Å². The minimum absolute atomic E-state index is 0.205. The lowest BCUT2D eigenvalue weighted by Gasteiger charge is -2.21. The highest BCUT2D eigenvalue weighted by atomic mass is 35.5. The Kier molecular flexibility index (Phi) is 4.47. The van der Waals surface area contributed by atoms with Gasteiger partial charge in [0, 0.05) is 5.02 Å². The molecule has 0 bridgehead atoms. The molecule has 1 fully saturated rings. The van der Waals surface area contributed by atoms with Crippen LogP contribution in [0.2, 0.25) is 5.02 Å². The van der Waals surface area contributed by atoms with Crippen molar-refractivity contribution in [1.82, 2.24) is 0 Å². The van der Waals surface area contributed by atoms with Gasteiger partial charge in [0.15, 0.2) is 0 Å². The van der Waals surface area contributed by atoms with Crippen LogP contribution >= 0.6 is 11.6 Å². The Morgan fingerprint density at radius 2 is 2.06 bits per heavy atom. The van der Waals surface area contributed by atoms with Gasteiger partial charge in [0.1, 0.15) is 0 Å². The molecule has 0 saturated heterocycles. The number of ether oxygens (including phenoxy) is 1. The molecular weight excluding hydrogens is 232 g/mol. The van der Waals surface area contributed by atoms with E-state index in [9.17, 15) is 0 Å². The van der Waals surface area contributed by atoms with Crippen LogP contribution in [-0.4, -0.2) is 6.10 Å². The summed E-state index contributed by atoms with van der Waals surface area (Å²) in [5.41, 5.74) is 2.35. The summed E-state index contributed by atoms with van der Waals surface area (Å²) in [7, 11) is 0. The quantitative estimate of drug-likeness (QED) is 0.728. The van der Waals surface area contributed by atoms with Crippen LogP contribution in [0.3, 0.4) is 0 Å². The number of hydrogen-bond acceptors (Lipinski definition) is 1. The van der Waals surface area contributed by atoms with Crippen LogP contribution < -0.4 is 0 Å². The maximum Gasteiger partial charge on any atom is 0.0826 e. The van der Waals surface area contributed by atoms with E-state index < -0.39 is 0 Å². The third-order valence-corrected chi connectivity index (χ3v) is 4.00. The van der Waals surface area contributed by atoms with Crippen molar-refractivity contribution in [2.45, 2.75) is 58.2 Å². The summed E-state index contributed by atoms with van der Waals surface area (Å²) in [4.78, 5) is 0. The van der Waals surface area contributed by atoms with Crippen molar-refractivity contribution in [1.29, 1.82) is 0 Å². The van der Waals surface area contributed by atoms with Crippen LogP contribution in [-0.2, 0) is 4.74 Å². The van der Waals surface area contributed by atoms with Gasteiger partial charge in [-0.1, -0.05) is 43.5 Å². The molecule has 1 aromatic carbocycles. The van der Waals surface area contributed by atoms with Crippen molar-refractivity contribution < 1.29 is 4.74 Å². The van der Waals surface area contributed by atoms with Crippen LogP contribution in [0.15, 0.2) is 18.2 Å². The lowest BCUT2D eigenvalue weighted by Crippen LogP contribution is -2.13. The first-order chi connectivity index (χ1) is 8.20. The Bertz CT molecular complexity index is 369. The average Bonchev–Trinajstić information content (AvgIpc) is 2.82. The zero-order valence-electron chi connectivity index (χ0n) is 10.7. The first-order valence-corrected chi connectivity index (χ1v) is 7.00. The van der Waals surface area contributed by atoms with Gasteiger partial charge in [-0.15, -0.1) is 0 Å². The van der Waals surface area contributed by atoms with Gasteiger partial charge in [-0.05, 0) is 43.4 Å². The van der Waals surface area contributed by atoms with Gasteiger partial charge in [-0.3, -0.25) is 0 Å². The van der Waals surface area contributed by atoms with E-state index in [0.717, 1.165) is 17.0 Å². The van der Waals surface area contributed by atoms with Crippen LogP contribution in [0.1, 0.15) is 56.3 Å². The molecule has 1 atom stereocenters. The van der Waals surface area contributed by atoms with Crippen molar-refractivity contribution in [3.8, 4) is 0 Å². The molecule has 0 radical (unpaired) electrons. The molecule has 0 N–H and O–H groups in total. The molecule has 1 saturated carbocycles.